The summed E-state index contributed by atoms with van der Waals surface area (Å²) in [7, 11) is 1.83. The Hall–Kier alpha value is -0.120. The molecule has 20 heavy (non-hydrogen) atoms. The summed E-state index contributed by atoms with van der Waals surface area (Å²) in [6, 6.07) is 1.75. The van der Waals surface area contributed by atoms with Crippen LogP contribution >= 0.6 is 0 Å². The predicted octanol–water partition coefficient (Wildman–Crippen LogP) is 3.15. The van der Waals surface area contributed by atoms with Crippen molar-refractivity contribution in [3.8, 4) is 0 Å². The van der Waals surface area contributed by atoms with Crippen LogP contribution in [0.5, 0.6) is 0 Å². The molecule has 0 aromatic carbocycles. The first kappa shape index (κ1) is 17.9. The van der Waals surface area contributed by atoms with E-state index in [0.29, 0.717) is 29.5 Å². The standard InChI is InChI=1S/C17H36N2O/c1-8-9-14(12-20-7)19-11-16(17(4,5)6)18-10-15(19)13(2)3/h13-16,18H,8-12H2,1-7H3. The number of hydrogen-bond donors (Lipinski definition) is 1. The summed E-state index contributed by atoms with van der Waals surface area (Å²) >= 11 is 0. The van der Waals surface area contributed by atoms with E-state index in [0.717, 1.165) is 19.7 Å². The third kappa shape index (κ3) is 4.71. The molecule has 0 saturated carbocycles. The molecule has 3 unspecified atom stereocenters. The summed E-state index contributed by atoms with van der Waals surface area (Å²) in [5, 5.41) is 3.78. The molecule has 1 N–H and O–H groups in total. The normalized spacial score (nSPS) is 27.0. The number of rotatable bonds is 6. The zero-order valence-corrected chi connectivity index (χ0v) is 14.7. The van der Waals surface area contributed by atoms with Gasteiger partial charge in [0, 0.05) is 38.3 Å². The molecule has 0 spiro atoms. The minimum absolute atomic E-state index is 0.310. The Kier molecular flexibility index (Phi) is 6.96. The highest BCUT2D eigenvalue weighted by Gasteiger charge is 2.37. The van der Waals surface area contributed by atoms with Crippen molar-refractivity contribution in [2.24, 2.45) is 11.3 Å². The van der Waals surface area contributed by atoms with Gasteiger partial charge < -0.3 is 10.1 Å². The molecule has 3 heteroatoms. The van der Waals surface area contributed by atoms with Crippen molar-refractivity contribution >= 4 is 0 Å². The molecule has 120 valence electrons. The first-order valence-corrected chi connectivity index (χ1v) is 8.29. The van der Waals surface area contributed by atoms with Gasteiger partial charge in [0.2, 0.25) is 0 Å². The van der Waals surface area contributed by atoms with Gasteiger partial charge in [-0.1, -0.05) is 48.0 Å². The second kappa shape index (κ2) is 7.77. The van der Waals surface area contributed by atoms with Crippen LogP contribution < -0.4 is 5.32 Å². The highest BCUT2D eigenvalue weighted by molar-refractivity contribution is 4.95. The van der Waals surface area contributed by atoms with Gasteiger partial charge in [-0.25, -0.2) is 0 Å². The topological polar surface area (TPSA) is 24.5 Å². The molecule has 1 heterocycles. The molecule has 0 radical (unpaired) electrons. The Morgan fingerprint density at radius 3 is 2.40 bits per heavy atom. The average Bonchev–Trinajstić information content (AvgIpc) is 2.36. The first-order chi connectivity index (χ1) is 9.31. The summed E-state index contributed by atoms with van der Waals surface area (Å²) < 4.78 is 5.50. The molecule has 0 aromatic rings. The molecule has 1 saturated heterocycles. The molecule has 3 nitrogen and oxygen atoms in total. The molecular weight excluding hydrogens is 248 g/mol. The van der Waals surface area contributed by atoms with Crippen LogP contribution in [-0.4, -0.2) is 49.8 Å². The number of nitrogens with one attached hydrogen (secondary N) is 1. The monoisotopic (exact) mass is 284 g/mol. The first-order valence-electron chi connectivity index (χ1n) is 8.29. The van der Waals surface area contributed by atoms with Crippen LogP contribution in [0, 0.1) is 11.3 Å². The lowest BCUT2D eigenvalue weighted by molar-refractivity contribution is -0.00361. The molecule has 0 bridgehead atoms. The van der Waals surface area contributed by atoms with Crippen molar-refractivity contribution in [2.45, 2.75) is 72.5 Å². The number of nitrogens with zero attached hydrogens (tertiary/aromatic N) is 1. The second-order valence-electron chi connectivity index (χ2n) is 7.73. The quantitative estimate of drug-likeness (QED) is 0.811. The van der Waals surface area contributed by atoms with Crippen molar-refractivity contribution in [1.29, 1.82) is 0 Å². The lowest BCUT2D eigenvalue weighted by Gasteiger charge is -2.49. The zero-order valence-electron chi connectivity index (χ0n) is 14.7. The van der Waals surface area contributed by atoms with Crippen LogP contribution in [0.2, 0.25) is 0 Å². The number of methoxy groups -OCH3 is 1. The summed E-state index contributed by atoms with van der Waals surface area (Å²) in [6.45, 7) is 17.1. The van der Waals surface area contributed by atoms with Gasteiger partial charge >= 0.3 is 0 Å². The Bertz CT molecular complexity index is 267. The van der Waals surface area contributed by atoms with Gasteiger partial charge in [0.05, 0.1) is 6.61 Å². The van der Waals surface area contributed by atoms with Crippen LogP contribution in [0.15, 0.2) is 0 Å². The Labute approximate surface area is 126 Å². The van der Waals surface area contributed by atoms with Gasteiger partial charge in [0.1, 0.15) is 0 Å². The molecular formula is C17H36N2O. The summed E-state index contributed by atoms with van der Waals surface area (Å²) in [5.41, 5.74) is 0.310. The average molecular weight is 284 g/mol. The van der Waals surface area contributed by atoms with Crippen LogP contribution in [0.4, 0.5) is 0 Å². The Morgan fingerprint density at radius 2 is 1.95 bits per heavy atom. The smallest absolute Gasteiger partial charge is 0.0618 e. The summed E-state index contributed by atoms with van der Waals surface area (Å²) in [5.74, 6) is 0.680. The van der Waals surface area contributed by atoms with E-state index in [1.807, 2.05) is 7.11 Å². The van der Waals surface area contributed by atoms with E-state index < -0.39 is 0 Å². The second-order valence-corrected chi connectivity index (χ2v) is 7.73. The van der Waals surface area contributed by atoms with E-state index in [1.54, 1.807) is 0 Å². The maximum absolute atomic E-state index is 5.50. The fraction of sp³-hybridized carbons (Fsp3) is 1.00. The summed E-state index contributed by atoms with van der Waals surface area (Å²) in [4.78, 5) is 2.73. The fourth-order valence-electron chi connectivity index (χ4n) is 3.28. The van der Waals surface area contributed by atoms with E-state index in [4.69, 9.17) is 4.74 Å². The minimum atomic E-state index is 0.310. The van der Waals surface area contributed by atoms with Gasteiger partial charge in [-0.05, 0) is 17.8 Å². The molecule has 1 aliphatic rings. The van der Waals surface area contributed by atoms with Crippen molar-refractivity contribution in [2.75, 3.05) is 26.8 Å². The van der Waals surface area contributed by atoms with Crippen LogP contribution in [0.1, 0.15) is 54.4 Å². The third-order valence-electron chi connectivity index (χ3n) is 4.66. The molecule has 1 fully saturated rings. The van der Waals surface area contributed by atoms with Crippen molar-refractivity contribution < 1.29 is 4.74 Å². The van der Waals surface area contributed by atoms with Gasteiger partial charge in [0.15, 0.2) is 0 Å². The third-order valence-corrected chi connectivity index (χ3v) is 4.66. The predicted molar refractivity (Wildman–Crippen MR) is 87.1 cm³/mol. The maximum Gasteiger partial charge on any atom is 0.0618 e. The van der Waals surface area contributed by atoms with E-state index in [9.17, 15) is 0 Å². The highest BCUT2D eigenvalue weighted by Crippen LogP contribution is 2.28. The van der Waals surface area contributed by atoms with E-state index in [2.05, 4.69) is 51.8 Å². The Balaban J connectivity index is 2.86. The molecule has 3 atom stereocenters. The zero-order chi connectivity index (χ0) is 15.3. The molecule has 0 aliphatic carbocycles. The fourth-order valence-corrected chi connectivity index (χ4v) is 3.28. The molecule has 0 aromatic heterocycles. The van der Waals surface area contributed by atoms with E-state index in [1.165, 1.54) is 12.8 Å². The van der Waals surface area contributed by atoms with Gasteiger partial charge in [-0.15, -0.1) is 0 Å². The molecule has 0 amide bonds. The number of hydrogen-bond acceptors (Lipinski definition) is 3. The number of ether oxygens (including phenoxy) is 1. The van der Waals surface area contributed by atoms with E-state index in [-0.39, 0.29) is 0 Å². The summed E-state index contributed by atoms with van der Waals surface area (Å²) in [6.07, 6.45) is 2.46. The largest absolute Gasteiger partial charge is 0.383 e. The van der Waals surface area contributed by atoms with Crippen molar-refractivity contribution in [3.63, 3.8) is 0 Å². The highest BCUT2D eigenvalue weighted by atomic mass is 16.5. The van der Waals surface area contributed by atoms with Crippen molar-refractivity contribution in [3.05, 3.63) is 0 Å². The molecule has 1 rings (SSSR count). The molecule has 1 aliphatic heterocycles. The van der Waals surface area contributed by atoms with Gasteiger partial charge in [-0.3, -0.25) is 4.90 Å². The van der Waals surface area contributed by atoms with Crippen molar-refractivity contribution in [1.82, 2.24) is 10.2 Å². The SMILES string of the molecule is CCCC(COC)N1CC(C(C)(C)C)NCC1C(C)C. The number of piperazine rings is 1. The lowest BCUT2D eigenvalue weighted by atomic mass is 9.83. The van der Waals surface area contributed by atoms with Crippen LogP contribution in [-0.2, 0) is 4.74 Å². The lowest BCUT2D eigenvalue weighted by Crippen LogP contribution is -2.64. The minimum Gasteiger partial charge on any atom is -0.383 e. The van der Waals surface area contributed by atoms with E-state index >= 15 is 0 Å². The maximum atomic E-state index is 5.50. The Morgan fingerprint density at radius 1 is 1.30 bits per heavy atom. The van der Waals surface area contributed by atoms with Gasteiger partial charge in [0.25, 0.3) is 0 Å². The van der Waals surface area contributed by atoms with Crippen LogP contribution in [0.3, 0.4) is 0 Å². The van der Waals surface area contributed by atoms with Crippen LogP contribution in [0.25, 0.3) is 0 Å². The van der Waals surface area contributed by atoms with Gasteiger partial charge in [-0.2, -0.15) is 0 Å².